The van der Waals surface area contributed by atoms with E-state index in [1.54, 1.807) is 59.3 Å². The van der Waals surface area contributed by atoms with Crippen molar-refractivity contribution in [1.82, 2.24) is 10.2 Å². The second-order valence-electron chi connectivity index (χ2n) is 6.01. The summed E-state index contributed by atoms with van der Waals surface area (Å²) < 4.78 is 0. The molecule has 0 saturated heterocycles. The zero-order valence-electron chi connectivity index (χ0n) is 15.1. The van der Waals surface area contributed by atoms with E-state index in [1.807, 2.05) is 24.6 Å². The summed E-state index contributed by atoms with van der Waals surface area (Å²) in [6.07, 6.45) is 2.56. The van der Waals surface area contributed by atoms with Crippen LogP contribution in [0.1, 0.15) is 27.2 Å². The van der Waals surface area contributed by atoms with Crippen LogP contribution in [-0.2, 0) is 11.3 Å². The first-order chi connectivity index (χ1) is 12.4. The highest BCUT2D eigenvalue weighted by atomic mass is 35.5. The van der Waals surface area contributed by atoms with E-state index in [0.717, 1.165) is 10.6 Å². The number of hydrogen-bond donors (Lipinski definition) is 1. The van der Waals surface area contributed by atoms with Gasteiger partial charge in [0, 0.05) is 11.9 Å². The summed E-state index contributed by atoms with van der Waals surface area (Å²) in [4.78, 5) is 28.3. The third kappa shape index (κ3) is 5.50. The molecule has 7 heteroatoms. The molecule has 26 heavy (non-hydrogen) atoms. The number of carbonyl (C=O) groups is 2. The number of amides is 2. The number of rotatable bonds is 8. The highest BCUT2D eigenvalue weighted by Gasteiger charge is 2.25. The lowest BCUT2D eigenvalue weighted by Crippen LogP contribution is -2.47. The maximum absolute atomic E-state index is 12.9. The number of thioether (sulfide) groups is 1. The van der Waals surface area contributed by atoms with E-state index in [0.29, 0.717) is 23.6 Å². The molecule has 0 aliphatic carbocycles. The van der Waals surface area contributed by atoms with Gasteiger partial charge >= 0.3 is 0 Å². The van der Waals surface area contributed by atoms with E-state index in [1.165, 1.54) is 5.56 Å². The number of hydrogen-bond acceptors (Lipinski definition) is 4. The fourth-order valence-electron chi connectivity index (χ4n) is 2.50. The van der Waals surface area contributed by atoms with Gasteiger partial charge < -0.3 is 10.2 Å². The molecule has 0 spiro atoms. The third-order valence-electron chi connectivity index (χ3n) is 4.06. The number of halogens is 1. The van der Waals surface area contributed by atoms with Crippen LogP contribution in [0.4, 0.5) is 0 Å². The van der Waals surface area contributed by atoms with Gasteiger partial charge in [0.25, 0.3) is 5.91 Å². The Kier molecular flexibility index (Phi) is 8.00. The molecule has 1 unspecified atom stereocenters. The molecule has 140 valence electrons. The van der Waals surface area contributed by atoms with E-state index in [2.05, 4.69) is 5.32 Å². The predicted octanol–water partition coefficient (Wildman–Crippen LogP) is 4.22. The van der Waals surface area contributed by atoms with E-state index >= 15 is 0 Å². The highest BCUT2D eigenvalue weighted by molar-refractivity contribution is 7.98. The van der Waals surface area contributed by atoms with Crippen LogP contribution in [0.2, 0.25) is 5.02 Å². The fraction of sp³-hybridized carbons (Fsp3) is 0.368. The Balaban J connectivity index is 2.10. The first-order valence-corrected chi connectivity index (χ1v) is 10.9. The number of likely N-dealkylation sites (N-methyl/N-ethyl adjacent to an activating group) is 1. The minimum Gasteiger partial charge on any atom is -0.340 e. The van der Waals surface area contributed by atoms with Crippen molar-refractivity contribution in [3.63, 3.8) is 0 Å². The number of nitrogens with zero attached hydrogens (tertiary/aromatic N) is 1. The minimum absolute atomic E-state index is 0.0905. The molecule has 2 aromatic rings. The van der Waals surface area contributed by atoms with Crippen LogP contribution in [0, 0.1) is 6.92 Å². The molecule has 1 N–H and O–H groups in total. The average Bonchev–Trinajstić information content (AvgIpc) is 3.02. The molecule has 2 rings (SSSR count). The van der Waals surface area contributed by atoms with Crippen LogP contribution in [0.5, 0.6) is 0 Å². The van der Waals surface area contributed by atoms with Gasteiger partial charge in [-0.3, -0.25) is 9.59 Å². The number of carbonyl (C=O) groups excluding carboxylic acids is 2. The SMILES string of the molecule is CSCCC(NC(=O)c1ccccc1Cl)C(=O)N(C)Cc1sccc1C. The van der Waals surface area contributed by atoms with Gasteiger partial charge in [0.1, 0.15) is 6.04 Å². The summed E-state index contributed by atoms with van der Waals surface area (Å²) in [5.74, 6) is 0.369. The third-order valence-corrected chi connectivity index (χ3v) is 6.04. The van der Waals surface area contributed by atoms with E-state index in [-0.39, 0.29) is 11.8 Å². The first-order valence-electron chi connectivity index (χ1n) is 8.26. The molecular weight excluding hydrogens is 388 g/mol. The van der Waals surface area contributed by atoms with Crippen LogP contribution in [0.25, 0.3) is 0 Å². The zero-order chi connectivity index (χ0) is 19.1. The minimum atomic E-state index is -0.573. The van der Waals surface area contributed by atoms with Gasteiger partial charge in [0.2, 0.25) is 5.91 Å². The monoisotopic (exact) mass is 410 g/mol. The zero-order valence-corrected chi connectivity index (χ0v) is 17.5. The maximum Gasteiger partial charge on any atom is 0.253 e. The Hall–Kier alpha value is -1.50. The van der Waals surface area contributed by atoms with Gasteiger partial charge in [0.15, 0.2) is 0 Å². The highest BCUT2D eigenvalue weighted by Crippen LogP contribution is 2.19. The van der Waals surface area contributed by atoms with Crippen molar-refractivity contribution in [2.45, 2.75) is 25.9 Å². The molecule has 4 nitrogen and oxygen atoms in total. The molecule has 0 saturated carbocycles. The first kappa shape index (κ1) is 20.8. The van der Waals surface area contributed by atoms with Crippen LogP contribution < -0.4 is 5.32 Å². The second-order valence-corrected chi connectivity index (χ2v) is 8.40. The summed E-state index contributed by atoms with van der Waals surface area (Å²) in [7, 11) is 1.77. The van der Waals surface area contributed by atoms with Crippen LogP contribution in [0.15, 0.2) is 35.7 Å². The van der Waals surface area contributed by atoms with Crippen molar-refractivity contribution in [3.8, 4) is 0 Å². The van der Waals surface area contributed by atoms with Crippen molar-refractivity contribution in [2.75, 3.05) is 19.1 Å². The van der Waals surface area contributed by atoms with Crippen molar-refractivity contribution in [2.24, 2.45) is 0 Å². The predicted molar refractivity (Wildman–Crippen MR) is 111 cm³/mol. The number of benzene rings is 1. The molecule has 0 aliphatic heterocycles. The Morgan fingerprint density at radius 1 is 1.31 bits per heavy atom. The molecule has 0 radical (unpaired) electrons. The van der Waals surface area contributed by atoms with Crippen LogP contribution >= 0.6 is 34.7 Å². The van der Waals surface area contributed by atoms with Crippen LogP contribution in [-0.4, -0.2) is 41.8 Å². The van der Waals surface area contributed by atoms with E-state index in [9.17, 15) is 9.59 Å². The van der Waals surface area contributed by atoms with Gasteiger partial charge in [-0.25, -0.2) is 0 Å². The van der Waals surface area contributed by atoms with Gasteiger partial charge in [-0.05, 0) is 54.5 Å². The van der Waals surface area contributed by atoms with Crippen molar-refractivity contribution in [1.29, 1.82) is 0 Å². The largest absolute Gasteiger partial charge is 0.340 e. The molecule has 0 aliphatic rings. The van der Waals surface area contributed by atoms with Crippen molar-refractivity contribution < 1.29 is 9.59 Å². The Morgan fingerprint density at radius 3 is 2.65 bits per heavy atom. The van der Waals surface area contributed by atoms with Gasteiger partial charge in [-0.15, -0.1) is 11.3 Å². The number of aryl methyl sites for hydroxylation is 1. The van der Waals surface area contributed by atoms with Crippen molar-refractivity contribution in [3.05, 3.63) is 56.7 Å². The Bertz CT molecular complexity index is 764. The maximum atomic E-state index is 12.9. The quantitative estimate of drug-likeness (QED) is 0.708. The molecular formula is C19H23ClN2O2S2. The normalized spacial score (nSPS) is 11.8. The molecule has 1 heterocycles. The Labute approximate surface area is 167 Å². The lowest BCUT2D eigenvalue weighted by molar-refractivity contribution is -0.132. The van der Waals surface area contributed by atoms with Gasteiger partial charge in [0.05, 0.1) is 17.1 Å². The summed E-state index contributed by atoms with van der Waals surface area (Å²) in [5, 5.41) is 5.26. The molecule has 1 atom stereocenters. The summed E-state index contributed by atoms with van der Waals surface area (Å²) in [6.45, 7) is 2.58. The summed E-state index contributed by atoms with van der Waals surface area (Å²) in [5.41, 5.74) is 1.56. The molecule has 0 fully saturated rings. The lowest BCUT2D eigenvalue weighted by atomic mass is 10.1. The lowest BCUT2D eigenvalue weighted by Gasteiger charge is -2.24. The molecule has 1 aromatic carbocycles. The molecule has 1 aromatic heterocycles. The second kappa shape index (κ2) is 10.00. The van der Waals surface area contributed by atoms with Gasteiger partial charge in [-0.1, -0.05) is 23.7 Å². The van der Waals surface area contributed by atoms with Gasteiger partial charge in [-0.2, -0.15) is 11.8 Å². The molecule has 0 bridgehead atoms. The fourth-order valence-corrected chi connectivity index (χ4v) is 4.15. The van der Waals surface area contributed by atoms with Crippen molar-refractivity contribution >= 4 is 46.5 Å². The standard InChI is InChI=1S/C19H23ClN2O2S2/c1-13-8-11-26-17(13)12-22(2)19(24)16(9-10-25-3)21-18(23)14-6-4-5-7-15(14)20/h4-8,11,16H,9-10,12H2,1-3H3,(H,21,23). The van der Waals surface area contributed by atoms with Crippen LogP contribution in [0.3, 0.4) is 0 Å². The Morgan fingerprint density at radius 2 is 2.04 bits per heavy atom. The summed E-state index contributed by atoms with van der Waals surface area (Å²) >= 11 is 9.38. The van der Waals surface area contributed by atoms with E-state index in [4.69, 9.17) is 11.6 Å². The number of thiophene rings is 1. The van der Waals surface area contributed by atoms with E-state index < -0.39 is 6.04 Å². The average molecular weight is 411 g/mol. The smallest absolute Gasteiger partial charge is 0.253 e. The number of nitrogens with one attached hydrogen (secondary N) is 1. The topological polar surface area (TPSA) is 49.4 Å². The summed E-state index contributed by atoms with van der Waals surface area (Å²) in [6, 6.07) is 8.32. The molecule has 2 amide bonds.